The molecule has 1 aliphatic heterocycles. The van der Waals surface area contributed by atoms with Gasteiger partial charge in [-0.15, -0.1) is 0 Å². The molecule has 0 aromatic rings. The maximum absolute atomic E-state index is 6.76. The highest BCUT2D eigenvalue weighted by Gasteiger charge is 2.50. The van der Waals surface area contributed by atoms with E-state index in [1.165, 1.54) is 148 Å². The topological polar surface area (TPSA) is 30.5 Å². The van der Waals surface area contributed by atoms with Crippen LogP contribution in [0.15, 0.2) is 48.6 Å². The van der Waals surface area contributed by atoms with Crippen LogP contribution < -0.4 is 5.32 Å². The molecule has 3 heteroatoms. The zero-order valence-electron chi connectivity index (χ0n) is 30.3. The molecule has 0 amide bonds. The Morgan fingerprint density at radius 2 is 0.933 bits per heavy atom. The Balaban J connectivity index is 1.54. The van der Waals surface area contributed by atoms with Gasteiger partial charge in [-0.1, -0.05) is 140 Å². The van der Waals surface area contributed by atoms with Crippen LogP contribution in [0.5, 0.6) is 0 Å². The second-order valence-corrected chi connectivity index (χ2v) is 14.0. The lowest BCUT2D eigenvalue weighted by atomic mass is 9.99. The van der Waals surface area contributed by atoms with Crippen molar-refractivity contribution in [3.63, 3.8) is 0 Å². The maximum Gasteiger partial charge on any atom is 0.170 e. The fourth-order valence-electron chi connectivity index (χ4n) is 6.97. The summed E-state index contributed by atoms with van der Waals surface area (Å²) in [5.41, 5.74) is 0. The fraction of sp³-hybridized carbons (Fsp3) is 0.810. The molecule has 1 aliphatic carbocycles. The van der Waals surface area contributed by atoms with Crippen LogP contribution in [0.3, 0.4) is 0 Å². The molecular weight excluding hydrogens is 550 g/mol. The lowest BCUT2D eigenvalue weighted by Crippen LogP contribution is -2.31. The van der Waals surface area contributed by atoms with Gasteiger partial charge in [0.1, 0.15) is 0 Å². The SMILES string of the molecule is CCCCC/C=C\C/C=C\CCCCCCCC1OC2(CCC(NC)C2)OC1CCCCCCC/C=C\C/C=C\CCCCC. The Kier molecular flexibility index (Phi) is 24.8. The number of unbranched alkanes of at least 4 members (excludes halogenated alkanes) is 16. The Morgan fingerprint density at radius 1 is 0.533 bits per heavy atom. The first-order valence-electron chi connectivity index (χ1n) is 19.9. The molecule has 1 spiro atoms. The normalized spacial score (nSPS) is 23.8. The van der Waals surface area contributed by atoms with Crippen LogP contribution in [0, 0.1) is 0 Å². The van der Waals surface area contributed by atoms with Gasteiger partial charge in [0.2, 0.25) is 0 Å². The zero-order valence-corrected chi connectivity index (χ0v) is 30.3. The van der Waals surface area contributed by atoms with E-state index in [1.807, 2.05) is 0 Å². The summed E-state index contributed by atoms with van der Waals surface area (Å²) in [4.78, 5) is 0. The molecule has 2 rings (SSSR count). The van der Waals surface area contributed by atoms with Crippen LogP contribution in [-0.2, 0) is 9.47 Å². The van der Waals surface area contributed by atoms with Gasteiger partial charge in [-0.05, 0) is 90.5 Å². The summed E-state index contributed by atoms with van der Waals surface area (Å²) in [5.74, 6) is -0.308. The maximum atomic E-state index is 6.76. The molecule has 1 saturated carbocycles. The van der Waals surface area contributed by atoms with Gasteiger partial charge in [-0.2, -0.15) is 0 Å². The smallest absolute Gasteiger partial charge is 0.170 e. The molecule has 3 unspecified atom stereocenters. The molecule has 0 radical (unpaired) electrons. The minimum atomic E-state index is -0.308. The van der Waals surface area contributed by atoms with Crippen molar-refractivity contribution in [3.05, 3.63) is 48.6 Å². The highest BCUT2D eigenvalue weighted by atomic mass is 16.8. The first-order chi connectivity index (χ1) is 22.2. The summed E-state index contributed by atoms with van der Waals surface area (Å²) >= 11 is 0. The molecule has 1 heterocycles. The second kappa shape index (κ2) is 27.9. The molecule has 3 nitrogen and oxygen atoms in total. The number of hydrogen-bond acceptors (Lipinski definition) is 3. The quantitative estimate of drug-likeness (QED) is 0.0662. The largest absolute Gasteiger partial charge is 0.344 e. The van der Waals surface area contributed by atoms with Gasteiger partial charge in [0.15, 0.2) is 5.79 Å². The molecule has 2 aliphatic rings. The predicted octanol–water partition coefficient (Wildman–Crippen LogP) is 12.9. The van der Waals surface area contributed by atoms with Crippen molar-refractivity contribution < 1.29 is 9.47 Å². The zero-order chi connectivity index (χ0) is 32.1. The Labute approximate surface area is 281 Å². The van der Waals surface area contributed by atoms with Crippen LogP contribution in [0.25, 0.3) is 0 Å². The average molecular weight is 626 g/mol. The van der Waals surface area contributed by atoms with Gasteiger partial charge in [0.05, 0.1) is 12.2 Å². The number of nitrogens with one attached hydrogen (secondary N) is 1. The van der Waals surface area contributed by atoms with Gasteiger partial charge in [0.25, 0.3) is 0 Å². The van der Waals surface area contributed by atoms with E-state index in [4.69, 9.17) is 9.47 Å². The van der Waals surface area contributed by atoms with Gasteiger partial charge in [-0.3, -0.25) is 0 Å². The molecule has 2 fully saturated rings. The van der Waals surface area contributed by atoms with Crippen LogP contribution in [0.1, 0.15) is 187 Å². The van der Waals surface area contributed by atoms with Crippen LogP contribution >= 0.6 is 0 Å². The summed E-state index contributed by atoms with van der Waals surface area (Å²) < 4.78 is 13.5. The van der Waals surface area contributed by atoms with Crippen LogP contribution in [0.2, 0.25) is 0 Å². The third-order valence-corrected chi connectivity index (χ3v) is 9.86. The summed E-state index contributed by atoms with van der Waals surface area (Å²) in [6.45, 7) is 4.54. The Bertz CT molecular complexity index is 730. The minimum Gasteiger partial charge on any atom is -0.344 e. The molecule has 0 bridgehead atoms. The lowest BCUT2D eigenvalue weighted by molar-refractivity contribution is -0.171. The molecular formula is C42H75NO2. The Hall–Kier alpha value is -1.16. The number of rotatable bonds is 29. The van der Waals surface area contributed by atoms with Crippen molar-refractivity contribution in [1.82, 2.24) is 5.32 Å². The molecule has 1 N–H and O–H groups in total. The summed E-state index contributed by atoms with van der Waals surface area (Å²) in [6, 6.07) is 0.538. The standard InChI is InChI=1S/C42H75NO2/c1-4-6-8-10-12-14-16-18-20-22-24-26-28-30-32-34-40-41(45-42(44-40)37-36-39(38-42)43-3)35-33-31-29-27-25-23-21-19-17-15-13-11-9-7-5-2/h12-15,18-21,39-41,43H,4-11,16-17,22-38H2,1-3H3/b14-12-,15-13-,20-18-,21-19-. The van der Waals surface area contributed by atoms with Crippen molar-refractivity contribution in [2.75, 3.05) is 7.05 Å². The number of allylic oxidation sites excluding steroid dienone is 8. The third kappa shape index (κ3) is 20.0. The van der Waals surface area contributed by atoms with Gasteiger partial charge >= 0.3 is 0 Å². The average Bonchev–Trinajstić information content (AvgIpc) is 3.62. The third-order valence-electron chi connectivity index (χ3n) is 9.86. The molecule has 260 valence electrons. The van der Waals surface area contributed by atoms with Crippen LogP contribution in [-0.4, -0.2) is 31.1 Å². The molecule has 0 aromatic heterocycles. The van der Waals surface area contributed by atoms with Crippen molar-refractivity contribution in [2.45, 2.75) is 211 Å². The molecule has 45 heavy (non-hydrogen) atoms. The van der Waals surface area contributed by atoms with E-state index in [0.29, 0.717) is 18.2 Å². The molecule has 1 saturated heterocycles. The van der Waals surface area contributed by atoms with Crippen molar-refractivity contribution in [2.24, 2.45) is 0 Å². The highest BCUT2D eigenvalue weighted by molar-refractivity contribution is 4.95. The van der Waals surface area contributed by atoms with Crippen molar-refractivity contribution >= 4 is 0 Å². The van der Waals surface area contributed by atoms with Crippen molar-refractivity contribution in [1.29, 1.82) is 0 Å². The summed E-state index contributed by atoms with van der Waals surface area (Å²) in [6.07, 6.45) is 53.4. The van der Waals surface area contributed by atoms with Gasteiger partial charge in [0, 0.05) is 18.9 Å². The van der Waals surface area contributed by atoms with E-state index < -0.39 is 0 Å². The van der Waals surface area contributed by atoms with E-state index in [0.717, 1.165) is 25.7 Å². The predicted molar refractivity (Wildman–Crippen MR) is 198 cm³/mol. The van der Waals surface area contributed by atoms with Crippen LogP contribution in [0.4, 0.5) is 0 Å². The Morgan fingerprint density at radius 3 is 1.33 bits per heavy atom. The minimum absolute atomic E-state index is 0.296. The second-order valence-electron chi connectivity index (χ2n) is 14.0. The van der Waals surface area contributed by atoms with E-state index in [9.17, 15) is 0 Å². The number of hydrogen-bond donors (Lipinski definition) is 1. The summed E-state index contributed by atoms with van der Waals surface area (Å²) in [7, 11) is 2.08. The van der Waals surface area contributed by atoms with Gasteiger partial charge in [-0.25, -0.2) is 0 Å². The molecule has 3 atom stereocenters. The van der Waals surface area contributed by atoms with Crippen molar-refractivity contribution in [3.8, 4) is 0 Å². The van der Waals surface area contributed by atoms with E-state index in [-0.39, 0.29) is 5.79 Å². The molecule has 0 aromatic carbocycles. The first kappa shape index (κ1) is 40.0. The van der Waals surface area contributed by atoms with E-state index >= 15 is 0 Å². The number of ether oxygens (including phenoxy) is 2. The summed E-state index contributed by atoms with van der Waals surface area (Å²) in [5, 5.41) is 3.47. The van der Waals surface area contributed by atoms with E-state index in [2.05, 4.69) is 74.8 Å². The first-order valence-corrected chi connectivity index (χ1v) is 19.9. The van der Waals surface area contributed by atoms with Gasteiger partial charge < -0.3 is 14.8 Å². The highest BCUT2D eigenvalue weighted by Crippen LogP contribution is 2.44. The fourth-order valence-corrected chi connectivity index (χ4v) is 6.97. The lowest BCUT2D eigenvalue weighted by Gasteiger charge is -2.23. The van der Waals surface area contributed by atoms with E-state index in [1.54, 1.807) is 0 Å². The monoisotopic (exact) mass is 626 g/mol.